The van der Waals surface area contributed by atoms with Gasteiger partial charge in [-0.2, -0.15) is 0 Å². The summed E-state index contributed by atoms with van der Waals surface area (Å²) < 4.78 is 0. The normalized spacial score (nSPS) is 10.4. The van der Waals surface area contributed by atoms with Crippen LogP contribution in [0.25, 0.3) is 0 Å². The van der Waals surface area contributed by atoms with Gasteiger partial charge in [-0.15, -0.1) is 5.73 Å². The molecule has 0 aliphatic rings. The summed E-state index contributed by atoms with van der Waals surface area (Å²) in [5, 5.41) is 0. The predicted molar refractivity (Wildman–Crippen MR) is 52.0 cm³/mol. The Labute approximate surface area is 75.2 Å². The molecule has 0 aromatic rings. The molecule has 1 nitrogen and oxygen atoms in total. The van der Waals surface area contributed by atoms with Crippen molar-refractivity contribution < 1.29 is 4.79 Å². The molecule has 0 spiro atoms. The van der Waals surface area contributed by atoms with Crippen molar-refractivity contribution in [2.24, 2.45) is 5.41 Å². The number of ketones is 1. The zero-order valence-corrected chi connectivity index (χ0v) is 8.69. The van der Waals surface area contributed by atoms with Gasteiger partial charge >= 0.3 is 0 Å². The molecule has 0 bridgehead atoms. The standard InChI is InChI=1S/C11H18O/c1-9(2)7-6-8-10(12)11(3,4)5/h6H,8H2,1-5H3. The Bertz CT molecular complexity index is 218. The van der Waals surface area contributed by atoms with Crippen molar-refractivity contribution in [2.75, 3.05) is 0 Å². The van der Waals surface area contributed by atoms with Crippen LogP contribution in [0, 0.1) is 5.41 Å². The van der Waals surface area contributed by atoms with E-state index in [0.717, 1.165) is 5.57 Å². The highest BCUT2D eigenvalue weighted by Crippen LogP contribution is 2.16. The van der Waals surface area contributed by atoms with Crippen molar-refractivity contribution in [3.05, 3.63) is 17.4 Å². The van der Waals surface area contributed by atoms with Gasteiger partial charge in [0.1, 0.15) is 5.78 Å². The first kappa shape index (κ1) is 11.2. The zero-order chi connectivity index (χ0) is 9.78. The summed E-state index contributed by atoms with van der Waals surface area (Å²) in [6.45, 7) is 9.75. The highest BCUT2D eigenvalue weighted by atomic mass is 16.1. The molecule has 0 amide bonds. The number of rotatable bonds is 2. The van der Waals surface area contributed by atoms with Gasteiger partial charge in [0, 0.05) is 11.8 Å². The second-order valence-electron chi connectivity index (χ2n) is 4.23. The zero-order valence-electron chi connectivity index (χ0n) is 8.69. The lowest BCUT2D eigenvalue weighted by Gasteiger charge is -2.14. The van der Waals surface area contributed by atoms with E-state index < -0.39 is 0 Å². The van der Waals surface area contributed by atoms with Crippen LogP contribution in [0.4, 0.5) is 0 Å². The van der Waals surface area contributed by atoms with E-state index in [0.29, 0.717) is 6.42 Å². The second-order valence-corrected chi connectivity index (χ2v) is 4.23. The first-order valence-electron chi connectivity index (χ1n) is 4.25. The molecule has 0 aromatic carbocycles. The third-order valence-corrected chi connectivity index (χ3v) is 1.51. The summed E-state index contributed by atoms with van der Waals surface area (Å²) in [4.78, 5) is 11.4. The molecule has 0 unspecified atom stereocenters. The van der Waals surface area contributed by atoms with Gasteiger partial charge in [-0.25, -0.2) is 0 Å². The van der Waals surface area contributed by atoms with Crippen molar-refractivity contribution in [1.29, 1.82) is 0 Å². The quantitative estimate of drug-likeness (QED) is 0.576. The van der Waals surface area contributed by atoms with Gasteiger partial charge in [-0.05, 0) is 25.5 Å². The monoisotopic (exact) mass is 166 g/mol. The van der Waals surface area contributed by atoms with E-state index >= 15 is 0 Å². The number of allylic oxidation sites excluding steroid dienone is 1. The van der Waals surface area contributed by atoms with Gasteiger partial charge in [0.15, 0.2) is 0 Å². The molecule has 0 aliphatic carbocycles. The molecule has 1 heteroatoms. The van der Waals surface area contributed by atoms with Crippen molar-refractivity contribution in [2.45, 2.75) is 41.0 Å². The molecule has 12 heavy (non-hydrogen) atoms. The molecule has 0 saturated heterocycles. The van der Waals surface area contributed by atoms with E-state index in [2.05, 4.69) is 5.73 Å². The minimum Gasteiger partial charge on any atom is -0.299 e. The summed E-state index contributed by atoms with van der Waals surface area (Å²) >= 11 is 0. The minimum absolute atomic E-state index is 0.222. The van der Waals surface area contributed by atoms with Crippen LogP contribution in [-0.4, -0.2) is 5.78 Å². The van der Waals surface area contributed by atoms with Crippen LogP contribution in [0.1, 0.15) is 41.0 Å². The number of carbonyl (C=O) groups is 1. The molecule has 68 valence electrons. The Balaban J connectivity index is 4.15. The first-order valence-corrected chi connectivity index (χ1v) is 4.25. The maximum Gasteiger partial charge on any atom is 0.142 e. The van der Waals surface area contributed by atoms with Crippen molar-refractivity contribution in [3.8, 4) is 0 Å². The molecule has 0 heterocycles. The molecule has 0 aliphatic heterocycles. The molecule has 0 rings (SSSR count). The fourth-order valence-electron chi connectivity index (χ4n) is 0.654. The molecule has 0 atom stereocenters. The van der Waals surface area contributed by atoms with Gasteiger partial charge in [0.2, 0.25) is 0 Å². The smallest absolute Gasteiger partial charge is 0.142 e. The Kier molecular flexibility index (Phi) is 3.99. The Morgan fingerprint density at radius 1 is 1.33 bits per heavy atom. The third kappa shape index (κ3) is 4.92. The fraction of sp³-hybridized carbons (Fsp3) is 0.636. The van der Waals surface area contributed by atoms with Crippen LogP contribution in [0.5, 0.6) is 0 Å². The number of hydrogen-bond donors (Lipinski definition) is 0. The van der Waals surface area contributed by atoms with Crippen LogP contribution >= 0.6 is 0 Å². The maximum atomic E-state index is 11.4. The maximum absolute atomic E-state index is 11.4. The molecule has 0 radical (unpaired) electrons. The minimum atomic E-state index is -0.222. The molecule has 0 fully saturated rings. The van der Waals surface area contributed by atoms with Gasteiger partial charge in [0.05, 0.1) is 0 Å². The Hall–Kier alpha value is -0.810. The van der Waals surface area contributed by atoms with Crippen molar-refractivity contribution in [3.63, 3.8) is 0 Å². The molecule has 0 aromatic heterocycles. The summed E-state index contributed by atoms with van der Waals surface area (Å²) in [5.74, 6) is 0.260. The van der Waals surface area contributed by atoms with E-state index in [-0.39, 0.29) is 11.2 Å². The first-order chi connectivity index (χ1) is 5.34. The predicted octanol–water partition coefficient (Wildman–Crippen LogP) is 3.11. The Morgan fingerprint density at radius 3 is 2.17 bits per heavy atom. The lowest BCUT2D eigenvalue weighted by molar-refractivity contribution is -0.125. The highest BCUT2D eigenvalue weighted by molar-refractivity contribution is 5.84. The van der Waals surface area contributed by atoms with Crippen LogP contribution < -0.4 is 0 Å². The molecule has 0 N–H and O–H groups in total. The summed E-state index contributed by atoms with van der Waals surface area (Å²) in [6, 6.07) is 0. The topological polar surface area (TPSA) is 17.1 Å². The molecule has 0 saturated carbocycles. The van der Waals surface area contributed by atoms with E-state index in [1.165, 1.54) is 0 Å². The van der Waals surface area contributed by atoms with Gasteiger partial charge in [-0.3, -0.25) is 4.79 Å². The fourth-order valence-corrected chi connectivity index (χ4v) is 0.654. The number of Topliss-reactive ketones (excluding diaryl/α,β-unsaturated/α-hetero) is 1. The number of hydrogen-bond acceptors (Lipinski definition) is 1. The summed E-state index contributed by atoms with van der Waals surface area (Å²) in [5.41, 5.74) is 3.90. The summed E-state index contributed by atoms with van der Waals surface area (Å²) in [7, 11) is 0. The highest BCUT2D eigenvalue weighted by Gasteiger charge is 2.18. The van der Waals surface area contributed by atoms with E-state index in [4.69, 9.17) is 0 Å². The van der Waals surface area contributed by atoms with Crippen LogP contribution in [0.3, 0.4) is 0 Å². The average molecular weight is 166 g/mol. The second kappa shape index (κ2) is 4.27. The van der Waals surface area contributed by atoms with Gasteiger partial charge in [-0.1, -0.05) is 20.8 Å². The third-order valence-electron chi connectivity index (χ3n) is 1.51. The van der Waals surface area contributed by atoms with Gasteiger partial charge < -0.3 is 0 Å². The number of carbonyl (C=O) groups excluding carboxylic acids is 1. The average Bonchev–Trinajstić information content (AvgIpc) is 1.84. The molecular formula is C11H18O. The van der Waals surface area contributed by atoms with Gasteiger partial charge in [0.25, 0.3) is 0 Å². The molecular weight excluding hydrogens is 148 g/mol. The lowest BCUT2D eigenvalue weighted by Crippen LogP contribution is -2.18. The summed E-state index contributed by atoms with van der Waals surface area (Å²) in [6.07, 6.45) is 2.30. The van der Waals surface area contributed by atoms with Crippen LogP contribution in [-0.2, 0) is 4.79 Å². The van der Waals surface area contributed by atoms with Crippen LogP contribution in [0.2, 0.25) is 0 Å². The van der Waals surface area contributed by atoms with E-state index in [9.17, 15) is 4.79 Å². The largest absolute Gasteiger partial charge is 0.299 e. The Morgan fingerprint density at radius 2 is 1.83 bits per heavy atom. The van der Waals surface area contributed by atoms with E-state index in [1.807, 2.05) is 40.7 Å². The van der Waals surface area contributed by atoms with E-state index in [1.54, 1.807) is 0 Å². The SMILES string of the molecule is CC(C)=C=CCC(=O)C(C)(C)C. The lowest BCUT2D eigenvalue weighted by atomic mass is 9.89. The van der Waals surface area contributed by atoms with Crippen LogP contribution in [0.15, 0.2) is 17.4 Å². The van der Waals surface area contributed by atoms with Crippen molar-refractivity contribution in [1.82, 2.24) is 0 Å². The van der Waals surface area contributed by atoms with Crippen molar-refractivity contribution >= 4 is 5.78 Å².